The molecule has 7 nitrogen and oxygen atoms in total. The molecule has 3 atom stereocenters. The Bertz CT molecular complexity index is 2170. The summed E-state index contributed by atoms with van der Waals surface area (Å²) < 4.78 is 61.6. The smallest absolute Gasteiger partial charge is 0.319 e. The first-order chi connectivity index (χ1) is 25.6. The highest BCUT2D eigenvalue weighted by atomic mass is 19.1. The van der Waals surface area contributed by atoms with E-state index in [1.165, 1.54) is 6.07 Å². The lowest BCUT2D eigenvalue weighted by molar-refractivity contribution is 0.0231. The van der Waals surface area contributed by atoms with Crippen molar-refractivity contribution in [1.82, 2.24) is 19.8 Å². The number of morpholine rings is 1. The van der Waals surface area contributed by atoms with E-state index in [0.717, 1.165) is 67.6 Å². The summed E-state index contributed by atoms with van der Waals surface area (Å²) in [6.07, 6.45) is 1.37. The van der Waals surface area contributed by atoms with Gasteiger partial charge in [0.2, 0.25) is 0 Å². The van der Waals surface area contributed by atoms with Gasteiger partial charge in [-0.05, 0) is 73.6 Å². The van der Waals surface area contributed by atoms with Gasteiger partial charge in [0.05, 0.1) is 31.4 Å². The number of alkyl halides is 1. The molecule has 276 valence electrons. The van der Waals surface area contributed by atoms with Crippen LogP contribution in [-0.4, -0.2) is 90.6 Å². The summed E-state index contributed by atoms with van der Waals surface area (Å²) in [6.45, 7) is 11.5. The van der Waals surface area contributed by atoms with Gasteiger partial charge < -0.3 is 14.4 Å². The van der Waals surface area contributed by atoms with E-state index in [-0.39, 0.29) is 33.9 Å². The van der Waals surface area contributed by atoms with Gasteiger partial charge in [-0.1, -0.05) is 66.7 Å². The number of aryl methyl sites for hydroxylation is 1. The summed E-state index contributed by atoms with van der Waals surface area (Å²) in [5, 5.41) is 1.91. The van der Waals surface area contributed by atoms with Crippen molar-refractivity contribution in [3.05, 3.63) is 95.6 Å². The molecule has 4 fully saturated rings. The zero-order valence-electron chi connectivity index (χ0n) is 30.6. The molecule has 3 unspecified atom stereocenters. The molecule has 4 aliphatic rings. The summed E-state index contributed by atoms with van der Waals surface area (Å²) in [7, 11) is 0. The number of rotatable bonds is 9. The Morgan fingerprint density at radius 2 is 1.68 bits per heavy atom. The highest BCUT2D eigenvalue weighted by molar-refractivity contribution is 6.01. The van der Waals surface area contributed by atoms with Crippen LogP contribution in [0.3, 0.4) is 0 Å². The van der Waals surface area contributed by atoms with Gasteiger partial charge in [-0.25, -0.2) is 13.2 Å². The van der Waals surface area contributed by atoms with Gasteiger partial charge in [0.25, 0.3) is 0 Å². The van der Waals surface area contributed by atoms with Crippen molar-refractivity contribution in [2.75, 3.05) is 57.4 Å². The first-order valence-electron chi connectivity index (χ1n) is 19.0. The number of aromatic nitrogens is 2. The molecule has 4 aromatic carbocycles. The first kappa shape index (κ1) is 34.5. The predicted octanol–water partition coefficient (Wildman–Crippen LogP) is 8.06. The van der Waals surface area contributed by atoms with E-state index >= 15 is 13.2 Å². The minimum Gasteiger partial charge on any atom is -0.463 e. The number of nitrogens with zero attached hydrogens (tertiary/aromatic N) is 5. The molecule has 3 aliphatic heterocycles. The SMILES string of the molecule is Cc1cc(-c2c(F)cc3c(N4CC5CC(F)C(C4)N5C(C)(C)c4ccccc4)nc(OCC4(CN5CCOCC5)CC4)nc3c2F)c2ccccc2c1. The molecule has 0 amide bonds. The maximum atomic E-state index is 17.1. The molecular weight excluding hydrogens is 676 g/mol. The van der Waals surface area contributed by atoms with Crippen molar-refractivity contribution in [2.45, 2.75) is 63.8 Å². The average Bonchev–Trinajstić information content (AvgIpc) is 3.88. The molecule has 4 heterocycles. The number of hydrogen-bond acceptors (Lipinski definition) is 7. The fourth-order valence-corrected chi connectivity index (χ4v) is 9.29. The average molecular weight is 722 g/mol. The summed E-state index contributed by atoms with van der Waals surface area (Å²) in [6, 6.07) is 22.5. The zero-order chi connectivity index (χ0) is 36.5. The fraction of sp³-hybridized carbons (Fsp3) is 0.442. The largest absolute Gasteiger partial charge is 0.463 e. The Hall–Kier alpha value is -4.25. The minimum absolute atomic E-state index is 0.00111. The summed E-state index contributed by atoms with van der Waals surface area (Å²) in [5.41, 5.74) is 1.91. The quantitative estimate of drug-likeness (QED) is 0.153. The van der Waals surface area contributed by atoms with Crippen molar-refractivity contribution < 1.29 is 22.6 Å². The molecule has 5 aromatic rings. The van der Waals surface area contributed by atoms with Crippen LogP contribution in [0, 0.1) is 24.0 Å². The van der Waals surface area contributed by atoms with Crippen LogP contribution in [-0.2, 0) is 10.3 Å². The van der Waals surface area contributed by atoms with Gasteiger partial charge in [-0.2, -0.15) is 9.97 Å². The standard InChI is InChI=1S/C43H46F3N5O2/c1-27-19-28-9-7-8-12-31(28)32(20-27)37-35(45)22-33-39(38(37)46)47-41(53-26-43(13-14-43)25-49-15-17-52-18-16-49)48-40(33)50-23-30-21-34(44)36(24-50)51(30)42(2,3)29-10-5-4-6-11-29/h4-12,19-20,22,30,34,36H,13-18,21,23-26H2,1-3H3. The summed E-state index contributed by atoms with van der Waals surface area (Å²) in [4.78, 5) is 16.3. The normalized spacial score (nSPS) is 23.2. The van der Waals surface area contributed by atoms with Gasteiger partial charge in [0.1, 0.15) is 23.3 Å². The molecule has 9 rings (SSSR count). The van der Waals surface area contributed by atoms with E-state index in [1.807, 2.05) is 66.4 Å². The van der Waals surface area contributed by atoms with Crippen molar-refractivity contribution in [1.29, 1.82) is 0 Å². The van der Waals surface area contributed by atoms with E-state index in [2.05, 4.69) is 40.8 Å². The van der Waals surface area contributed by atoms with Crippen LogP contribution >= 0.6 is 0 Å². The molecular formula is C43H46F3N5O2. The Balaban J connectivity index is 1.12. The molecule has 2 bridgehead atoms. The highest BCUT2D eigenvalue weighted by Gasteiger charge is 2.53. The monoisotopic (exact) mass is 721 g/mol. The molecule has 0 radical (unpaired) electrons. The van der Waals surface area contributed by atoms with E-state index in [1.54, 1.807) is 0 Å². The molecule has 0 N–H and O–H groups in total. The zero-order valence-corrected chi connectivity index (χ0v) is 30.6. The van der Waals surface area contributed by atoms with Gasteiger partial charge in [0.15, 0.2) is 5.82 Å². The third-order valence-corrected chi connectivity index (χ3v) is 12.2. The lowest BCUT2D eigenvalue weighted by atomic mass is 9.89. The number of anilines is 1. The van der Waals surface area contributed by atoms with E-state index in [0.29, 0.717) is 37.5 Å². The number of fused-ring (bicyclic) bond motifs is 4. The van der Waals surface area contributed by atoms with Gasteiger partial charge >= 0.3 is 6.01 Å². The van der Waals surface area contributed by atoms with E-state index < -0.39 is 29.4 Å². The van der Waals surface area contributed by atoms with Crippen LogP contribution in [0.1, 0.15) is 44.2 Å². The Kier molecular flexibility index (Phi) is 8.63. The first-order valence-corrected chi connectivity index (χ1v) is 19.0. The molecule has 3 saturated heterocycles. The fourth-order valence-electron chi connectivity index (χ4n) is 9.29. The molecule has 10 heteroatoms. The summed E-state index contributed by atoms with van der Waals surface area (Å²) in [5.74, 6) is -1.07. The molecule has 0 spiro atoms. The van der Waals surface area contributed by atoms with E-state index in [9.17, 15) is 0 Å². The second kappa shape index (κ2) is 13.2. The number of hydrogen-bond donors (Lipinski definition) is 0. The second-order valence-electron chi connectivity index (χ2n) is 16.2. The van der Waals surface area contributed by atoms with Gasteiger partial charge in [-0.3, -0.25) is 9.80 Å². The van der Waals surface area contributed by atoms with E-state index in [4.69, 9.17) is 14.5 Å². The van der Waals surface area contributed by atoms with Crippen LogP contribution in [0.25, 0.3) is 32.8 Å². The Morgan fingerprint density at radius 1 is 0.925 bits per heavy atom. The lowest BCUT2D eigenvalue weighted by Crippen LogP contribution is -2.60. The van der Waals surface area contributed by atoms with Crippen LogP contribution in [0.4, 0.5) is 19.0 Å². The number of benzene rings is 4. The van der Waals surface area contributed by atoms with Gasteiger partial charge in [-0.15, -0.1) is 0 Å². The maximum Gasteiger partial charge on any atom is 0.319 e. The highest BCUT2D eigenvalue weighted by Crippen LogP contribution is 2.48. The minimum atomic E-state index is -1.05. The Morgan fingerprint density at radius 3 is 2.43 bits per heavy atom. The van der Waals surface area contributed by atoms with Crippen molar-refractivity contribution in [3.8, 4) is 17.1 Å². The topological polar surface area (TPSA) is 54.0 Å². The number of ether oxygens (including phenoxy) is 2. The number of halogens is 3. The number of piperazine rings is 1. The van der Waals surface area contributed by atoms with Crippen LogP contribution in [0.15, 0.2) is 72.8 Å². The van der Waals surface area contributed by atoms with Crippen LogP contribution < -0.4 is 9.64 Å². The van der Waals surface area contributed by atoms with Crippen molar-refractivity contribution in [3.63, 3.8) is 0 Å². The van der Waals surface area contributed by atoms with Crippen molar-refractivity contribution >= 4 is 27.5 Å². The lowest BCUT2D eigenvalue weighted by Gasteiger charge is -2.49. The molecule has 1 aromatic heterocycles. The van der Waals surface area contributed by atoms with Crippen LogP contribution in [0.2, 0.25) is 0 Å². The molecule has 1 saturated carbocycles. The summed E-state index contributed by atoms with van der Waals surface area (Å²) >= 11 is 0. The third-order valence-electron chi connectivity index (χ3n) is 12.2. The third kappa shape index (κ3) is 6.22. The Labute approximate surface area is 308 Å². The van der Waals surface area contributed by atoms with Gasteiger partial charge in [0, 0.05) is 55.1 Å². The molecule has 53 heavy (non-hydrogen) atoms. The second-order valence-corrected chi connectivity index (χ2v) is 16.2. The van der Waals surface area contributed by atoms with Crippen molar-refractivity contribution in [2.24, 2.45) is 5.41 Å². The predicted molar refractivity (Wildman–Crippen MR) is 202 cm³/mol. The maximum absolute atomic E-state index is 17.1. The van der Waals surface area contributed by atoms with Crippen LogP contribution in [0.5, 0.6) is 6.01 Å². The molecule has 1 aliphatic carbocycles.